The molecule has 0 aliphatic heterocycles. The van der Waals surface area contributed by atoms with Gasteiger partial charge < -0.3 is 10.4 Å². The van der Waals surface area contributed by atoms with Crippen LogP contribution in [-0.2, 0) is 17.9 Å². The molecule has 1 aromatic heterocycles. The van der Waals surface area contributed by atoms with E-state index >= 15 is 0 Å². The first-order valence-corrected chi connectivity index (χ1v) is 4.67. The Morgan fingerprint density at radius 2 is 2.50 bits per heavy atom. The molecular weight excluding hydrogens is 182 g/mol. The van der Waals surface area contributed by atoms with Gasteiger partial charge in [-0.2, -0.15) is 5.10 Å². The van der Waals surface area contributed by atoms with Gasteiger partial charge in [0, 0.05) is 25.8 Å². The molecule has 0 amide bonds. The number of aryl methyl sites for hydroxylation is 1. The smallest absolute Gasteiger partial charge is 0.304 e. The molecule has 14 heavy (non-hydrogen) atoms. The lowest BCUT2D eigenvalue weighted by Crippen LogP contribution is -2.19. The van der Waals surface area contributed by atoms with Crippen molar-refractivity contribution in [2.45, 2.75) is 26.4 Å². The van der Waals surface area contributed by atoms with Crippen molar-refractivity contribution in [3.8, 4) is 0 Å². The second-order valence-electron chi connectivity index (χ2n) is 2.96. The summed E-state index contributed by atoms with van der Waals surface area (Å²) in [7, 11) is 0. The van der Waals surface area contributed by atoms with Crippen LogP contribution in [0.5, 0.6) is 0 Å². The van der Waals surface area contributed by atoms with Crippen LogP contribution in [0.25, 0.3) is 0 Å². The van der Waals surface area contributed by atoms with E-state index in [1.54, 1.807) is 6.20 Å². The maximum Gasteiger partial charge on any atom is 0.304 e. The molecule has 1 rings (SSSR count). The lowest BCUT2D eigenvalue weighted by Gasteiger charge is -2.05. The molecule has 0 atom stereocenters. The van der Waals surface area contributed by atoms with Crippen LogP contribution in [-0.4, -0.2) is 27.4 Å². The molecule has 0 saturated carbocycles. The largest absolute Gasteiger partial charge is 0.481 e. The number of nitrogens with zero attached hydrogens (tertiary/aromatic N) is 2. The Hall–Kier alpha value is -1.36. The standard InChI is InChI=1S/C9H15N3O2/c1-2-12-8(3-6-11-12)7-10-5-4-9(13)14/h3,6,10H,2,4-5,7H2,1H3,(H,13,14). The molecule has 1 aromatic rings. The normalized spacial score (nSPS) is 10.4. The average molecular weight is 197 g/mol. The highest BCUT2D eigenvalue weighted by Crippen LogP contribution is 1.97. The number of carbonyl (C=O) groups is 1. The van der Waals surface area contributed by atoms with Crippen LogP contribution in [0.15, 0.2) is 12.3 Å². The van der Waals surface area contributed by atoms with E-state index in [4.69, 9.17) is 5.11 Å². The van der Waals surface area contributed by atoms with Crippen molar-refractivity contribution in [3.63, 3.8) is 0 Å². The second kappa shape index (κ2) is 5.39. The summed E-state index contributed by atoms with van der Waals surface area (Å²) in [6.45, 7) is 4.02. The van der Waals surface area contributed by atoms with Crippen molar-refractivity contribution in [3.05, 3.63) is 18.0 Å². The zero-order valence-corrected chi connectivity index (χ0v) is 8.23. The molecule has 5 heteroatoms. The average Bonchev–Trinajstić information content (AvgIpc) is 2.59. The van der Waals surface area contributed by atoms with Crippen LogP contribution >= 0.6 is 0 Å². The molecule has 0 spiro atoms. The molecule has 0 unspecified atom stereocenters. The topological polar surface area (TPSA) is 67.2 Å². The van der Waals surface area contributed by atoms with Crippen LogP contribution in [0, 0.1) is 0 Å². The van der Waals surface area contributed by atoms with E-state index in [9.17, 15) is 4.79 Å². The van der Waals surface area contributed by atoms with E-state index in [2.05, 4.69) is 10.4 Å². The Kier molecular flexibility index (Phi) is 4.12. The number of hydrogen-bond donors (Lipinski definition) is 2. The van der Waals surface area contributed by atoms with Gasteiger partial charge in [0.15, 0.2) is 0 Å². The van der Waals surface area contributed by atoms with Crippen molar-refractivity contribution >= 4 is 5.97 Å². The predicted octanol–water partition coefficient (Wildman–Crippen LogP) is 0.467. The molecule has 2 N–H and O–H groups in total. The fourth-order valence-electron chi connectivity index (χ4n) is 1.21. The monoisotopic (exact) mass is 197 g/mol. The summed E-state index contributed by atoms with van der Waals surface area (Å²) in [6, 6.07) is 1.93. The number of hydrogen-bond acceptors (Lipinski definition) is 3. The van der Waals surface area contributed by atoms with Crippen molar-refractivity contribution in [2.75, 3.05) is 6.54 Å². The zero-order chi connectivity index (χ0) is 10.4. The van der Waals surface area contributed by atoms with Crippen LogP contribution in [0.2, 0.25) is 0 Å². The number of carboxylic acid groups (broad SMARTS) is 1. The Bertz CT molecular complexity index is 296. The maximum absolute atomic E-state index is 10.2. The first-order valence-electron chi connectivity index (χ1n) is 4.67. The molecule has 78 valence electrons. The Morgan fingerprint density at radius 1 is 1.71 bits per heavy atom. The van der Waals surface area contributed by atoms with E-state index in [1.807, 2.05) is 17.7 Å². The number of aliphatic carboxylic acids is 1. The quantitative estimate of drug-likeness (QED) is 0.650. The fraction of sp³-hybridized carbons (Fsp3) is 0.556. The highest BCUT2D eigenvalue weighted by molar-refractivity contribution is 5.66. The molecule has 0 bridgehead atoms. The Labute approximate surface area is 82.7 Å². The summed E-state index contributed by atoms with van der Waals surface area (Å²) in [5.41, 5.74) is 1.08. The van der Waals surface area contributed by atoms with Crippen LogP contribution < -0.4 is 5.32 Å². The van der Waals surface area contributed by atoms with Gasteiger partial charge in [-0.25, -0.2) is 0 Å². The van der Waals surface area contributed by atoms with Gasteiger partial charge in [0.05, 0.1) is 12.1 Å². The summed E-state index contributed by atoms with van der Waals surface area (Å²) >= 11 is 0. The fourth-order valence-corrected chi connectivity index (χ4v) is 1.21. The van der Waals surface area contributed by atoms with E-state index in [-0.39, 0.29) is 6.42 Å². The van der Waals surface area contributed by atoms with E-state index in [1.165, 1.54) is 0 Å². The molecular formula is C9H15N3O2. The lowest BCUT2D eigenvalue weighted by atomic mass is 10.4. The van der Waals surface area contributed by atoms with Crippen molar-refractivity contribution < 1.29 is 9.90 Å². The summed E-state index contributed by atoms with van der Waals surface area (Å²) < 4.78 is 1.88. The van der Waals surface area contributed by atoms with Gasteiger partial charge in [-0.05, 0) is 13.0 Å². The summed E-state index contributed by atoms with van der Waals surface area (Å²) in [4.78, 5) is 10.2. The minimum absolute atomic E-state index is 0.153. The third-order valence-corrected chi connectivity index (χ3v) is 1.93. The summed E-state index contributed by atoms with van der Waals surface area (Å²) in [6.07, 6.45) is 1.90. The third-order valence-electron chi connectivity index (χ3n) is 1.93. The molecule has 0 aliphatic rings. The maximum atomic E-state index is 10.2. The van der Waals surface area contributed by atoms with Gasteiger partial charge in [-0.3, -0.25) is 9.48 Å². The van der Waals surface area contributed by atoms with Gasteiger partial charge in [-0.15, -0.1) is 0 Å². The van der Waals surface area contributed by atoms with Crippen LogP contribution in [0.3, 0.4) is 0 Å². The SMILES string of the molecule is CCn1nccc1CNCCC(=O)O. The van der Waals surface area contributed by atoms with Crippen LogP contribution in [0.1, 0.15) is 19.0 Å². The Balaban J connectivity index is 2.27. The van der Waals surface area contributed by atoms with Crippen molar-refractivity contribution in [1.29, 1.82) is 0 Å². The summed E-state index contributed by atoms with van der Waals surface area (Å²) in [5.74, 6) is -0.776. The zero-order valence-electron chi connectivity index (χ0n) is 8.23. The van der Waals surface area contributed by atoms with E-state index in [0.717, 1.165) is 12.2 Å². The molecule has 0 fully saturated rings. The highest BCUT2D eigenvalue weighted by atomic mass is 16.4. The number of rotatable bonds is 6. The molecule has 0 aliphatic carbocycles. The highest BCUT2D eigenvalue weighted by Gasteiger charge is 2.00. The number of aromatic nitrogens is 2. The first-order chi connectivity index (χ1) is 6.74. The number of nitrogens with one attached hydrogen (secondary N) is 1. The third kappa shape index (κ3) is 3.18. The van der Waals surface area contributed by atoms with E-state index < -0.39 is 5.97 Å². The second-order valence-corrected chi connectivity index (χ2v) is 2.96. The molecule has 1 heterocycles. The van der Waals surface area contributed by atoms with Gasteiger partial charge >= 0.3 is 5.97 Å². The minimum Gasteiger partial charge on any atom is -0.481 e. The Morgan fingerprint density at radius 3 is 3.14 bits per heavy atom. The molecule has 0 radical (unpaired) electrons. The van der Waals surface area contributed by atoms with Gasteiger partial charge in [0.1, 0.15) is 0 Å². The summed E-state index contributed by atoms with van der Waals surface area (Å²) in [5, 5.41) is 15.6. The predicted molar refractivity (Wildman–Crippen MR) is 51.9 cm³/mol. The van der Waals surface area contributed by atoms with Gasteiger partial charge in [-0.1, -0.05) is 0 Å². The molecule has 0 aromatic carbocycles. The first kappa shape index (κ1) is 10.7. The number of carboxylic acids is 1. The van der Waals surface area contributed by atoms with Gasteiger partial charge in [0.2, 0.25) is 0 Å². The van der Waals surface area contributed by atoms with Crippen molar-refractivity contribution in [1.82, 2.24) is 15.1 Å². The lowest BCUT2D eigenvalue weighted by molar-refractivity contribution is -0.136. The van der Waals surface area contributed by atoms with Crippen LogP contribution in [0.4, 0.5) is 0 Å². The van der Waals surface area contributed by atoms with Gasteiger partial charge in [0.25, 0.3) is 0 Å². The molecule has 5 nitrogen and oxygen atoms in total. The van der Waals surface area contributed by atoms with Crippen molar-refractivity contribution in [2.24, 2.45) is 0 Å². The van der Waals surface area contributed by atoms with E-state index in [0.29, 0.717) is 13.1 Å². The minimum atomic E-state index is -0.776. The molecule has 0 saturated heterocycles.